The minimum Gasteiger partial charge on any atom is -0.385 e. The highest BCUT2D eigenvalue weighted by atomic mass is 35.5. The Balaban J connectivity index is 3.06. The van der Waals surface area contributed by atoms with Gasteiger partial charge in [-0.3, -0.25) is 9.13 Å². The summed E-state index contributed by atoms with van der Waals surface area (Å²) >= 11 is 5.75. The van der Waals surface area contributed by atoms with Crippen molar-refractivity contribution in [1.82, 2.24) is 9.55 Å². The number of methoxy groups -OCH3 is 1. The number of hydrogen-bond acceptors (Lipinski definition) is 10. The number of alkyl halides is 2. The van der Waals surface area contributed by atoms with Crippen LogP contribution in [0.15, 0.2) is 17.1 Å². The van der Waals surface area contributed by atoms with Gasteiger partial charge < -0.3 is 35.2 Å². The second-order valence-electron chi connectivity index (χ2n) is 6.00. The molecule has 5 atom stereocenters. The summed E-state index contributed by atoms with van der Waals surface area (Å²) in [6.07, 6.45) is -5.75. The largest absolute Gasteiger partial charge is 0.488 e. The van der Waals surface area contributed by atoms with Gasteiger partial charge in [-0.2, -0.15) is 9.29 Å². The number of aliphatic hydroxyl groups excluding tert-OH is 1. The van der Waals surface area contributed by atoms with Crippen LogP contribution >= 0.6 is 34.8 Å². The van der Waals surface area contributed by atoms with Gasteiger partial charge >= 0.3 is 28.9 Å². The van der Waals surface area contributed by atoms with E-state index in [0.717, 1.165) is 19.4 Å². The van der Waals surface area contributed by atoms with Crippen molar-refractivity contribution in [2.75, 3.05) is 24.9 Å². The van der Waals surface area contributed by atoms with Crippen molar-refractivity contribution in [1.29, 1.82) is 0 Å². The lowest BCUT2D eigenvalue weighted by Crippen LogP contribution is -2.51. The molecule has 0 spiro atoms. The first-order valence-electron chi connectivity index (χ1n) is 7.88. The minimum atomic E-state index is -5.69. The summed E-state index contributed by atoms with van der Waals surface area (Å²) in [6, 6.07) is 1.06. The van der Waals surface area contributed by atoms with Gasteiger partial charge in [-0.05, 0) is 12.5 Å². The van der Waals surface area contributed by atoms with Gasteiger partial charge in [-0.1, -0.05) is 0 Å². The van der Waals surface area contributed by atoms with Crippen molar-refractivity contribution >= 4 is 40.7 Å². The highest BCUT2D eigenvalue weighted by molar-refractivity contribution is 7.68. The van der Waals surface area contributed by atoms with E-state index in [2.05, 4.69) is 13.6 Å². The van der Waals surface area contributed by atoms with Crippen LogP contribution in [0.1, 0.15) is 12.7 Å². The van der Waals surface area contributed by atoms with E-state index in [1.807, 2.05) is 0 Å². The smallest absolute Gasteiger partial charge is 0.385 e. The summed E-state index contributed by atoms with van der Waals surface area (Å²) in [5.74, 6) is -0.916. The van der Waals surface area contributed by atoms with E-state index in [4.69, 9.17) is 31.9 Å². The topological polar surface area (TPSA) is 241 Å². The molecular weight excluding hydrogens is 514 g/mol. The molecule has 31 heavy (non-hydrogen) atoms. The summed E-state index contributed by atoms with van der Waals surface area (Å²) < 4.78 is 61.6. The molecule has 1 rings (SSSR count). The molecule has 0 aliphatic rings. The van der Waals surface area contributed by atoms with Crippen LogP contribution in [0.4, 0.5) is 10.2 Å². The Morgan fingerprint density at radius 1 is 1.29 bits per heavy atom. The molecule has 20 heteroatoms. The van der Waals surface area contributed by atoms with Crippen molar-refractivity contribution in [3.8, 4) is 0 Å². The Hall–Kier alpha value is -0.730. The third kappa shape index (κ3) is 8.28. The number of nitrogens with two attached hydrogens (primary N) is 1. The standard InChI is InChI=1S/C11H20ClFN3O12P3/c1-26-11(6-12,8(17)9(13)16-4-2-7(14)15-10(16)18)3-5-29(19,20)27-31(24,25)28-30(21,22)23/h2,4,8-9,17H,3,5-6H2,1H3,(H,19,20)(H,24,25)(H2,14,15,18)(H2,21,22,23)/t8-,9-,11-/m0/s1. The first-order chi connectivity index (χ1) is 14.0. The SMILES string of the molecule is CO[C@](CCl)(CCP(=O)(O)OP(=O)(O)OP(=O)(O)O)[C@@H](O)[C@@H](F)n1ccc(N)nc1=O. The molecule has 2 unspecified atom stereocenters. The van der Waals surface area contributed by atoms with Crippen LogP contribution in [0.25, 0.3) is 0 Å². The maximum absolute atomic E-state index is 14.8. The van der Waals surface area contributed by atoms with Crippen LogP contribution in [0.3, 0.4) is 0 Å². The summed E-state index contributed by atoms with van der Waals surface area (Å²) in [7, 11) is -15.4. The maximum atomic E-state index is 14.8. The molecule has 0 fully saturated rings. The molecular formula is C11H20ClFN3O12P3. The number of nitrogen functional groups attached to an aromatic ring is 1. The number of halogens is 2. The lowest BCUT2D eigenvalue weighted by molar-refractivity contribution is -0.133. The predicted octanol–water partition coefficient (Wildman–Crippen LogP) is 0.0803. The Bertz CT molecular complexity index is 969. The van der Waals surface area contributed by atoms with Gasteiger partial charge in [0, 0.05) is 13.3 Å². The molecule has 7 N–H and O–H groups in total. The second-order valence-corrected chi connectivity index (χ2v) is 11.2. The highest BCUT2D eigenvalue weighted by Gasteiger charge is 2.46. The van der Waals surface area contributed by atoms with E-state index in [9.17, 15) is 37.8 Å². The average molecular weight is 534 g/mol. The van der Waals surface area contributed by atoms with E-state index in [0.29, 0.717) is 4.57 Å². The number of ether oxygens (including phenoxy) is 1. The molecule has 0 bridgehead atoms. The molecule has 15 nitrogen and oxygen atoms in total. The van der Waals surface area contributed by atoms with Crippen molar-refractivity contribution in [3.05, 3.63) is 22.7 Å². The normalized spacial score (nSPS) is 20.3. The van der Waals surface area contributed by atoms with E-state index in [1.165, 1.54) is 0 Å². The van der Waals surface area contributed by atoms with Crippen LogP contribution in [0.2, 0.25) is 0 Å². The zero-order valence-corrected chi connectivity index (χ0v) is 19.0. The molecule has 0 amide bonds. The van der Waals surface area contributed by atoms with Gasteiger partial charge in [0.15, 0.2) is 0 Å². The first kappa shape index (κ1) is 28.3. The second kappa shape index (κ2) is 10.5. The van der Waals surface area contributed by atoms with Crippen molar-refractivity contribution in [2.45, 2.75) is 24.4 Å². The number of rotatable bonds is 12. The fourth-order valence-corrected chi connectivity index (χ4v) is 6.41. The van der Waals surface area contributed by atoms with Crippen LogP contribution < -0.4 is 11.4 Å². The molecule has 180 valence electrons. The van der Waals surface area contributed by atoms with Crippen LogP contribution in [0, 0.1) is 0 Å². The molecule has 1 aromatic heterocycles. The molecule has 1 aromatic rings. The third-order valence-electron chi connectivity index (χ3n) is 3.81. The number of hydrogen-bond donors (Lipinski definition) is 6. The summed E-state index contributed by atoms with van der Waals surface area (Å²) in [5, 5.41) is 10.4. The van der Waals surface area contributed by atoms with Crippen LogP contribution in [-0.2, 0) is 27.1 Å². The van der Waals surface area contributed by atoms with E-state index < -0.39 is 65.4 Å². The molecule has 0 saturated carbocycles. The van der Waals surface area contributed by atoms with Crippen LogP contribution in [0.5, 0.6) is 0 Å². The van der Waals surface area contributed by atoms with E-state index >= 15 is 0 Å². The lowest BCUT2D eigenvalue weighted by Gasteiger charge is -2.37. The Labute approximate surface area is 178 Å². The van der Waals surface area contributed by atoms with Crippen molar-refractivity contribution < 1.29 is 56.1 Å². The van der Waals surface area contributed by atoms with Gasteiger partial charge in [0.05, 0.1) is 12.0 Å². The number of nitrogens with zero attached hydrogens (tertiary/aromatic N) is 2. The Morgan fingerprint density at radius 3 is 2.32 bits per heavy atom. The van der Waals surface area contributed by atoms with Gasteiger partial charge in [-0.25, -0.2) is 22.6 Å². The molecule has 1 heterocycles. The molecule has 0 saturated heterocycles. The fourth-order valence-electron chi connectivity index (χ4n) is 2.27. The maximum Gasteiger partial charge on any atom is 0.488 e. The average Bonchev–Trinajstić information content (AvgIpc) is 2.59. The zero-order chi connectivity index (χ0) is 24.3. The van der Waals surface area contributed by atoms with Gasteiger partial charge in [0.1, 0.15) is 17.5 Å². The van der Waals surface area contributed by atoms with Gasteiger partial charge in [0.25, 0.3) is 0 Å². The number of phosphoric acid groups is 2. The van der Waals surface area contributed by atoms with Crippen molar-refractivity contribution in [2.24, 2.45) is 0 Å². The zero-order valence-electron chi connectivity index (χ0n) is 15.6. The van der Waals surface area contributed by atoms with Crippen LogP contribution in [-0.4, -0.2) is 65.1 Å². The molecule has 0 aliphatic heterocycles. The lowest BCUT2D eigenvalue weighted by atomic mass is 9.94. The Kier molecular flexibility index (Phi) is 9.56. The molecule has 0 aliphatic carbocycles. The number of aliphatic hydroxyl groups is 1. The number of anilines is 1. The number of aromatic nitrogens is 2. The predicted molar refractivity (Wildman–Crippen MR) is 103 cm³/mol. The monoisotopic (exact) mass is 533 g/mol. The minimum absolute atomic E-state index is 0.220. The quantitative estimate of drug-likeness (QED) is 0.154. The summed E-state index contributed by atoms with van der Waals surface area (Å²) in [6.45, 7) is 0. The highest BCUT2D eigenvalue weighted by Crippen LogP contribution is 2.66. The summed E-state index contributed by atoms with van der Waals surface area (Å²) in [4.78, 5) is 51.0. The first-order valence-corrected chi connectivity index (χ1v) is 13.2. The third-order valence-corrected chi connectivity index (χ3v) is 8.57. The van der Waals surface area contributed by atoms with E-state index in [1.54, 1.807) is 0 Å². The molecule has 0 radical (unpaired) electrons. The van der Waals surface area contributed by atoms with Gasteiger partial charge in [-0.15, -0.1) is 11.6 Å². The summed E-state index contributed by atoms with van der Waals surface area (Å²) in [5.41, 5.74) is 2.00. The van der Waals surface area contributed by atoms with Gasteiger partial charge in [0.2, 0.25) is 6.30 Å². The fraction of sp³-hybridized carbons (Fsp3) is 0.636. The van der Waals surface area contributed by atoms with E-state index in [-0.39, 0.29) is 5.82 Å². The van der Waals surface area contributed by atoms with Crippen molar-refractivity contribution in [3.63, 3.8) is 0 Å². The molecule has 0 aromatic carbocycles. The Morgan fingerprint density at radius 2 is 1.87 bits per heavy atom.